The van der Waals surface area contributed by atoms with Crippen LogP contribution in [0.1, 0.15) is 25.1 Å². The molecule has 35 heavy (non-hydrogen) atoms. The van der Waals surface area contributed by atoms with Gasteiger partial charge < -0.3 is 30.1 Å². The Kier molecular flexibility index (Phi) is 10.7. The summed E-state index contributed by atoms with van der Waals surface area (Å²) in [5.41, 5.74) is 3.30. The number of nitrogens with one attached hydrogen (secondary N) is 1. The molecule has 3 rings (SSSR count). The number of rotatable bonds is 10. The zero-order chi connectivity index (χ0) is 25.8. The van der Waals surface area contributed by atoms with E-state index in [9.17, 15) is 4.79 Å². The van der Waals surface area contributed by atoms with Crippen molar-refractivity contribution in [2.24, 2.45) is 0 Å². The molecular formula is C23H30N6O6. The van der Waals surface area contributed by atoms with Gasteiger partial charge in [0.1, 0.15) is 18.9 Å². The van der Waals surface area contributed by atoms with E-state index in [1.54, 1.807) is 0 Å². The molecule has 0 unspecified atom stereocenters. The van der Waals surface area contributed by atoms with Crippen LogP contribution in [-0.2, 0) is 16.0 Å². The average molecular weight is 487 g/mol. The summed E-state index contributed by atoms with van der Waals surface area (Å²) in [7, 11) is 0. The lowest BCUT2D eigenvalue weighted by Gasteiger charge is -2.18. The Hall–Kier alpha value is -3.90. The first-order valence-corrected chi connectivity index (χ1v) is 11.0. The van der Waals surface area contributed by atoms with Gasteiger partial charge in [0.15, 0.2) is 0 Å². The van der Waals surface area contributed by atoms with Crippen LogP contribution in [0.4, 0.5) is 5.95 Å². The van der Waals surface area contributed by atoms with E-state index in [-0.39, 0.29) is 5.91 Å². The number of nitrogens with zero attached hydrogens (tertiary/aromatic N) is 5. The smallest absolute Gasteiger partial charge is 0.329 e. The van der Waals surface area contributed by atoms with Crippen LogP contribution in [0.15, 0.2) is 34.9 Å². The number of aliphatic carboxylic acids is 1. The molecule has 0 aliphatic carbocycles. The Labute approximate surface area is 202 Å². The number of hydrogen-bond acceptors (Lipinski definition) is 10. The summed E-state index contributed by atoms with van der Waals surface area (Å²) in [5.74, 6) is -0.0991. The van der Waals surface area contributed by atoms with Gasteiger partial charge in [-0.05, 0) is 38.8 Å². The number of aliphatic hydroxyl groups excluding tert-OH is 2. The molecule has 3 aromatic rings. The summed E-state index contributed by atoms with van der Waals surface area (Å²) >= 11 is 0. The zero-order valence-electron chi connectivity index (χ0n) is 19.9. The number of carbonyl (C=O) groups is 2. The Morgan fingerprint density at radius 3 is 2.26 bits per heavy atom. The molecule has 0 aliphatic heterocycles. The largest absolute Gasteiger partial charge is 0.480 e. The molecule has 0 atom stereocenters. The monoisotopic (exact) mass is 486 g/mol. The highest BCUT2D eigenvalue weighted by atomic mass is 16.5. The third kappa shape index (κ3) is 8.43. The topological polar surface area (TPSA) is 175 Å². The van der Waals surface area contributed by atoms with E-state index in [1.807, 2.05) is 37.3 Å². The minimum atomic E-state index is -1.19. The van der Waals surface area contributed by atoms with Crippen molar-refractivity contribution < 1.29 is 29.4 Å². The maximum Gasteiger partial charge on any atom is 0.329 e. The number of aliphatic hydroxyl groups is 2. The summed E-state index contributed by atoms with van der Waals surface area (Å²) in [6.07, 6.45) is 0.665. The minimum Gasteiger partial charge on any atom is -0.480 e. The number of hydrogen-bond donors (Lipinski definition) is 4. The van der Waals surface area contributed by atoms with E-state index in [0.29, 0.717) is 36.3 Å². The second-order valence-corrected chi connectivity index (χ2v) is 7.30. The van der Waals surface area contributed by atoms with Crippen molar-refractivity contribution in [2.45, 2.75) is 27.2 Å². The molecule has 12 nitrogen and oxygen atoms in total. The molecular weight excluding hydrogens is 456 g/mol. The van der Waals surface area contributed by atoms with Crippen LogP contribution < -0.4 is 10.2 Å². The van der Waals surface area contributed by atoms with Gasteiger partial charge in [0, 0.05) is 30.9 Å². The van der Waals surface area contributed by atoms with Crippen LogP contribution in [-0.4, -0.2) is 80.2 Å². The SMILES string of the molecule is CCN(CC)c1nc(C)cc(-c2nc(-c3ccc(CCNC(=O)CO)cc3)no2)n1.O=C(O)CO. The van der Waals surface area contributed by atoms with Crippen molar-refractivity contribution in [3.05, 3.63) is 41.6 Å². The number of aryl methyl sites for hydroxylation is 1. The fourth-order valence-electron chi connectivity index (χ4n) is 2.98. The lowest BCUT2D eigenvalue weighted by Crippen LogP contribution is -2.28. The Morgan fingerprint density at radius 2 is 1.69 bits per heavy atom. The summed E-state index contributed by atoms with van der Waals surface area (Å²) in [6, 6.07) is 9.54. The van der Waals surface area contributed by atoms with Crippen molar-refractivity contribution >= 4 is 17.8 Å². The first-order valence-electron chi connectivity index (χ1n) is 11.0. The van der Waals surface area contributed by atoms with Crippen LogP contribution >= 0.6 is 0 Å². The van der Waals surface area contributed by atoms with Gasteiger partial charge in [-0.25, -0.2) is 14.8 Å². The van der Waals surface area contributed by atoms with E-state index in [1.165, 1.54) is 0 Å². The highest BCUT2D eigenvalue weighted by Crippen LogP contribution is 2.23. The molecule has 1 amide bonds. The number of benzene rings is 1. The zero-order valence-corrected chi connectivity index (χ0v) is 19.9. The second kappa shape index (κ2) is 13.7. The van der Waals surface area contributed by atoms with E-state index in [0.717, 1.165) is 29.9 Å². The summed E-state index contributed by atoms with van der Waals surface area (Å²) in [4.78, 5) is 35.8. The number of amides is 1. The summed E-state index contributed by atoms with van der Waals surface area (Å²) in [6.45, 7) is 6.84. The number of carbonyl (C=O) groups excluding carboxylic acids is 1. The number of carboxylic acid groups (broad SMARTS) is 1. The highest BCUT2D eigenvalue weighted by Gasteiger charge is 2.15. The fourth-order valence-corrected chi connectivity index (χ4v) is 2.98. The lowest BCUT2D eigenvalue weighted by atomic mass is 10.1. The van der Waals surface area contributed by atoms with Gasteiger partial charge in [0.2, 0.25) is 17.7 Å². The first-order chi connectivity index (χ1) is 16.8. The maximum absolute atomic E-state index is 11.1. The molecule has 0 saturated heterocycles. The molecule has 0 aliphatic rings. The molecule has 2 heterocycles. The second-order valence-electron chi connectivity index (χ2n) is 7.30. The van der Waals surface area contributed by atoms with E-state index in [4.69, 9.17) is 24.6 Å². The van der Waals surface area contributed by atoms with Gasteiger partial charge in [-0.15, -0.1) is 0 Å². The van der Waals surface area contributed by atoms with Crippen molar-refractivity contribution in [3.8, 4) is 23.0 Å². The van der Waals surface area contributed by atoms with E-state index < -0.39 is 19.2 Å². The molecule has 2 aromatic heterocycles. The molecule has 188 valence electrons. The third-order valence-electron chi connectivity index (χ3n) is 4.76. The third-order valence-corrected chi connectivity index (χ3v) is 4.76. The normalized spacial score (nSPS) is 10.3. The van der Waals surface area contributed by atoms with Gasteiger partial charge in [0.05, 0.1) is 0 Å². The van der Waals surface area contributed by atoms with Gasteiger partial charge in [-0.2, -0.15) is 4.98 Å². The standard InChI is InChI=1S/C21H26N6O3.C2H4O3/c1-4-27(5-2)21-23-14(3)12-17(24-21)20-25-19(26-30-20)16-8-6-15(7-9-16)10-11-22-18(29)13-28;3-1-2(4)5/h6-9,12,28H,4-5,10-11,13H2,1-3H3,(H,22,29);3H,1H2,(H,4,5). The van der Waals surface area contributed by atoms with Crippen LogP contribution in [0.5, 0.6) is 0 Å². The molecule has 0 spiro atoms. The molecule has 0 bridgehead atoms. The molecule has 12 heteroatoms. The Balaban J connectivity index is 0.000000784. The summed E-state index contributed by atoms with van der Waals surface area (Å²) in [5, 5.41) is 30.5. The predicted octanol–water partition coefficient (Wildman–Crippen LogP) is 1.06. The lowest BCUT2D eigenvalue weighted by molar-refractivity contribution is -0.140. The van der Waals surface area contributed by atoms with Gasteiger partial charge in [-0.1, -0.05) is 29.4 Å². The van der Waals surface area contributed by atoms with Crippen LogP contribution in [0.2, 0.25) is 0 Å². The quantitative estimate of drug-likeness (QED) is 0.322. The van der Waals surface area contributed by atoms with Gasteiger partial charge >= 0.3 is 5.97 Å². The van der Waals surface area contributed by atoms with Gasteiger partial charge in [-0.3, -0.25) is 4.79 Å². The Bertz CT molecular complexity index is 1100. The fraction of sp³-hybridized carbons (Fsp3) is 0.391. The van der Waals surface area contributed by atoms with Gasteiger partial charge in [0.25, 0.3) is 5.89 Å². The minimum absolute atomic E-state index is 0.347. The molecule has 1 aromatic carbocycles. The number of carboxylic acids is 1. The van der Waals surface area contributed by atoms with Crippen molar-refractivity contribution in [1.29, 1.82) is 0 Å². The molecule has 4 N–H and O–H groups in total. The summed E-state index contributed by atoms with van der Waals surface area (Å²) < 4.78 is 5.45. The van der Waals surface area contributed by atoms with E-state index >= 15 is 0 Å². The molecule has 0 radical (unpaired) electrons. The van der Waals surface area contributed by atoms with Crippen molar-refractivity contribution in [3.63, 3.8) is 0 Å². The van der Waals surface area contributed by atoms with Crippen LogP contribution in [0.25, 0.3) is 23.0 Å². The predicted molar refractivity (Wildman–Crippen MR) is 128 cm³/mol. The maximum atomic E-state index is 11.1. The highest BCUT2D eigenvalue weighted by molar-refractivity contribution is 5.76. The Morgan fingerprint density at radius 1 is 1.03 bits per heavy atom. The number of anilines is 1. The van der Waals surface area contributed by atoms with Crippen molar-refractivity contribution in [2.75, 3.05) is 37.7 Å². The van der Waals surface area contributed by atoms with Crippen LogP contribution in [0.3, 0.4) is 0 Å². The van der Waals surface area contributed by atoms with E-state index in [2.05, 4.69) is 44.2 Å². The molecule has 0 saturated carbocycles. The van der Waals surface area contributed by atoms with Crippen LogP contribution in [0, 0.1) is 6.92 Å². The first kappa shape index (κ1) is 27.3. The number of aromatic nitrogens is 4. The van der Waals surface area contributed by atoms with Crippen molar-refractivity contribution in [1.82, 2.24) is 25.4 Å². The molecule has 0 fully saturated rings. The average Bonchev–Trinajstić information content (AvgIpc) is 3.35.